The third kappa shape index (κ3) is 5.66. The summed E-state index contributed by atoms with van der Waals surface area (Å²) in [7, 11) is 0. The molecule has 0 aromatic heterocycles. The number of alkyl halides is 6. The summed E-state index contributed by atoms with van der Waals surface area (Å²) in [4.78, 5) is 0. The average molecular weight is 572 g/mol. The van der Waals surface area contributed by atoms with Crippen LogP contribution in [-0.2, 0) is 0 Å². The zero-order valence-corrected chi connectivity index (χ0v) is 18.6. The Morgan fingerprint density at radius 2 is 1.00 bits per heavy atom. The normalized spacial score (nSPS) is 14.8. The van der Waals surface area contributed by atoms with Crippen LogP contribution in [0.1, 0.15) is 32.8 Å². The van der Waals surface area contributed by atoms with Crippen LogP contribution in [0.25, 0.3) is 0 Å². The number of benzene rings is 2. The summed E-state index contributed by atoms with van der Waals surface area (Å²) in [6.07, 6.45) is -10.1. The van der Waals surface area contributed by atoms with E-state index >= 15 is 0 Å². The van der Waals surface area contributed by atoms with E-state index in [1.807, 2.05) is 0 Å². The molecule has 0 fully saturated rings. The molecule has 2 rings (SSSR count). The van der Waals surface area contributed by atoms with E-state index in [0.717, 1.165) is 24.3 Å². The Balaban J connectivity index is 2.63. The Morgan fingerprint density at radius 1 is 0.690 bits per heavy atom. The number of hydrogen-bond donors (Lipinski definition) is 0. The van der Waals surface area contributed by atoms with Crippen molar-refractivity contribution < 1.29 is 35.1 Å². The van der Waals surface area contributed by atoms with Crippen molar-refractivity contribution in [2.24, 2.45) is 0 Å². The first-order valence-corrected chi connectivity index (χ1v) is 10.4. The predicted molar refractivity (Wildman–Crippen MR) is 103 cm³/mol. The predicted octanol–water partition coefficient (Wildman–Crippen LogP) is 8.75. The van der Waals surface area contributed by atoms with Crippen LogP contribution in [-0.4, -0.2) is 12.4 Å². The van der Waals surface area contributed by atoms with Gasteiger partial charge >= 0.3 is 12.4 Å². The standard InChI is InChI=1S/C18H12Br2F8S/c1-7-3-13(21)11(19)5-9(7)15(17(23,24)25)29-16(18(26,27)28)10-6-12(20)14(22)4-8(10)2/h3-6,15-16H,1-2H3. The zero-order chi connectivity index (χ0) is 22.3. The van der Waals surface area contributed by atoms with Gasteiger partial charge in [-0.05, 0) is 92.2 Å². The van der Waals surface area contributed by atoms with Crippen LogP contribution in [0.3, 0.4) is 0 Å². The molecule has 0 N–H and O–H groups in total. The molecule has 2 aromatic carbocycles. The fourth-order valence-electron chi connectivity index (χ4n) is 2.68. The molecule has 0 saturated heterocycles. The molecule has 0 amide bonds. The fourth-order valence-corrected chi connectivity index (χ4v) is 4.78. The lowest BCUT2D eigenvalue weighted by Gasteiger charge is -2.29. The Labute approximate surface area is 182 Å². The van der Waals surface area contributed by atoms with Gasteiger partial charge < -0.3 is 0 Å². The Morgan fingerprint density at radius 3 is 1.28 bits per heavy atom. The molecule has 0 aliphatic carbocycles. The lowest BCUT2D eigenvalue weighted by atomic mass is 10.0. The molecule has 160 valence electrons. The van der Waals surface area contributed by atoms with E-state index in [0.29, 0.717) is 0 Å². The topological polar surface area (TPSA) is 0 Å². The van der Waals surface area contributed by atoms with E-state index in [9.17, 15) is 35.1 Å². The van der Waals surface area contributed by atoms with E-state index in [-0.39, 0.29) is 31.8 Å². The number of thioether (sulfide) groups is 1. The molecule has 2 atom stereocenters. The first-order chi connectivity index (χ1) is 13.1. The third-order valence-electron chi connectivity index (χ3n) is 4.05. The molecule has 0 spiro atoms. The molecular weight excluding hydrogens is 560 g/mol. The molecular formula is C18H12Br2F8S. The summed E-state index contributed by atoms with van der Waals surface area (Å²) < 4.78 is 109. The molecule has 0 radical (unpaired) electrons. The molecule has 0 aliphatic heterocycles. The molecule has 2 unspecified atom stereocenters. The van der Waals surface area contributed by atoms with E-state index in [1.165, 1.54) is 13.8 Å². The van der Waals surface area contributed by atoms with Crippen LogP contribution < -0.4 is 0 Å². The number of hydrogen-bond acceptors (Lipinski definition) is 1. The van der Waals surface area contributed by atoms with Crippen molar-refractivity contribution in [1.29, 1.82) is 0 Å². The quantitative estimate of drug-likeness (QED) is 0.331. The van der Waals surface area contributed by atoms with Gasteiger partial charge in [0.05, 0.1) is 8.95 Å². The molecule has 2 aromatic rings. The van der Waals surface area contributed by atoms with Gasteiger partial charge in [0.2, 0.25) is 0 Å². The van der Waals surface area contributed by atoms with Crippen molar-refractivity contribution in [3.63, 3.8) is 0 Å². The lowest BCUT2D eigenvalue weighted by molar-refractivity contribution is -0.136. The minimum absolute atomic E-state index is 0.140. The van der Waals surface area contributed by atoms with Gasteiger partial charge in [0.1, 0.15) is 22.1 Å². The van der Waals surface area contributed by atoms with Crippen molar-refractivity contribution in [3.05, 3.63) is 67.1 Å². The monoisotopic (exact) mass is 570 g/mol. The molecule has 29 heavy (non-hydrogen) atoms. The summed E-state index contributed by atoms with van der Waals surface area (Å²) in [6.45, 7) is 2.37. The van der Waals surface area contributed by atoms with Crippen LogP contribution in [0, 0.1) is 25.5 Å². The summed E-state index contributed by atoms with van der Waals surface area (Å²) in [5, 5.41) is -5.18. The lowest BCUT2D eigenvalue weighted by Crippen LogP contribution is -2.26. The van der Waals surface area contributed by atoms with Crippen LogP contribution in [0.4, 0.5) is 35.1 Å². The molecule has 0 saturated carbocycles. The maximum Gasteiger partial charge on any atom is 0.404 e. The van der Waals surface area contributed by atoms with Gasteiger partial charge in [-0.2, -0.15) is 26.3 Å². The zero-order valence-electron chi connectivity index (χ0n) is 14.7. The fraction of sp³-hybridized carbons (Fsp3) is 0.333. The van der Waals surface area contributed by atoms with Gasteiger partial charge in [0, 0.05) is 0 Å². The second kappa shape index (κ2) is 8.74. The van der Waals surface area contributed by atoms with Gasteiger partial charge in [-0.25, -0.2) is 8.78 Å². The van der Waals surface area contributed by atoms with E-state index in [1.54, 1.807) is 0 Å². The second-order valence-electron chi connectivity index (χ2n) is 6.23. The van der Waals surface area contributed by atoms with Gasteiger partial charge in [0.25, 0.3) is 0 Å². The summed E-state index contributed by atoms with van der Waals surface area (Å²) in [5.41, 5.74) is -1.27. The largest absolute Gasteiger partial charge is 0.404 e. The Kier molecular flexibility index (Phi) is 7.37. The number of aryl methyl sites for hydroxylation is 2. The average Bonchev–Trinajstić information content (AvgIpc) is 2.54. The highest BCUT2D eigenvalue weighted by atomic mass is 79.9. The molecule has 0 bridgehead atoms. The molecule has 0 aliphatic rings. The maximum absolute atomic E-state index is 13.8. The molecule has 0 heterocycles. The number of rotatable bonds is 4. The van der Waals surface area contributed by atoms with Crippen molar-refractivity contribution in [3.8, 4) is 0 Å². The third-order valence-corrected chi connectivity index (χ3v) is 6.85. The summed E-state index contributed by atoms with van der Waals surface area (Å²) >= 11 is 5.18. The van der Waals surface area contributed by atoms with Gasteiger partial charge in [-0.1, -0.05) is 0 Å². The van der Waals surface area contributed by atoms with Crippen molar-refractivity contribution in [2.45, 2.75) is 36.7 Å². The van der Waals surface area contributed by atoms with Crippen LogP contribution in [0.5, 0.6) is 0 Å². The first-order valence-electron chi connectivity index (χ1n) is 7.83. The van der Waals surface area contributed by atoms with Crippen LogP contribution in [0.15, 0.2) is 33.2 Å². The van der Waals surface area contributed by atoms with Gasteiger partial charge in [-0.15, -0.1) is 11.8 Å². The minimum Gasteiger partial charge on any atom is -0.206 e. The van der Waals surface area contributed by atoms with Crippen molar-refractivity contribution in [2.75, 3.05) is 0 Å². The van der Waals surface area contributed by atoms with E-state index < -0.39 is 45.6 Å². The van der Waals surface area contributed by atoms with Crippen molar-refractivity contribution >= 4 is 43.6 Å². The Bertz CT molecular complexity index is 835. The maximum atomic E-state index is 13.8. The SMILES string of the molecule is Cc1cc(F)c(Br)cc1C(SC(c1cc(Br)c(F)cc1C)C(F)(F)F)C(F)(F)F. The van der Waals surface area contributed by atoms with Gasteiger partial charge in [0.15, 0.2) is 0 Å². The van der Waals surface area contributed by atoms with E-state index in [2.05, 4.69) is 31.9 Å². The summed E-state index contributed by atoms with van der Waals surface area (Å²) in [5.74, 6) is -1.66. The smallest absolute Gasteiger partial charge is 0.206 e. The summed E-state index contributed by atoms with van der Waals surface area (Å²) in [6, 6.07) is 3.30. The number of halogens is 10. The Hall–Kier alpha value is -0.810. The second-order valence-corrected chi connectivity index (χ2v) is 9.15. The van der Waals surface area contributed by atoms with Gasteiger partial charge in [-0.3, -0.25) is 0 Å². The highest BCUT2D eigenvalue weighted by Gasteiger charge is 2.50. The molecule has 11 heteroatoms. The van der Waals surface area contributed by atoms with Crippen LogP contribution in [0.2, 0.25) is 0 Å². The van der Waals surface area contributed by atoms with Crippen LogP contribution >= 0.6 is 43.6 Å². The molecule has 0 nitrogen and oxygen atoms in total. The highest BCUT2D eigenvalue weighted by molar-refractivity contribution is 9.10. The highest BCUT2D eigenvalue weighted by Crippen LogP contribution is 2.56. The minimum atomic E-state index is -5.05. The van der Waals surface area contributed by atoms with E-state index in [4.69, 9.17) is 0 Å². The first kappa shape index (κ1) is 24.5. The van der Waals surface area contributed by atoms with Crippen molar-refractivity contribution in [1.82, 2.24) is 0 Å².